The van der Waals surface area contributed by atoms with Crippen molar-refractivity contribution in [2.75, 3.05) is 18.5 Å². The molecule has 0 spiro atoms. The Hall–Kier alpha value is -3.28. The first-order valence-corrected chi connectivity index (χ1v) is 9.44. The summed E-state index contributed by atoms with van der Waals surface area (Å²) >= 11 is 0. The Bertz CT molecular complexity index is 1070. The molecule has 1 aromatic heterocycles. The van der Waals surface area contributed by atoms with E-state index in [1.807, 2.05) is 50.2 Å². The molecule has 1 aliphatic rings. The standard InChI is InChI=1S/C22H23N3O3/c1-13-14(2)24-21-17(13)4-3-5-18(21)22(27)23-10-11-28-16-7-8-19-15(12-16)6-9-20(26)25-19/h3-5,7-8,12,24H,6,9-11H2,1-2H3,(H,23,27)(H,25,26). The van der Waals surface area contributed by atoms with Crippen LogP contribution in [-0.4, -0.2) is 29.9 Å². The van der Waals surface area contributed by atoms with E-state index in [9.17, 15) is 9.59 Å². The molecule has 6 heteroatoms. The fourth-order valence-corrected chi connectivity index (χ4v) is 3.55. The largest absolute Gasteiger partial charge is 0.492 e. The molecule has 6 nitrogen and oxygen atoms in total. The number of aromatic amines is 1. The summed E-state index contributed by atoms with van der Waals surface area (Å²) in [6, 6.07) is 11.4. The SMILES string of the molecule is Cc1[nH]c2c(C(=O)NCCOc3ccc4c(c3)CCC(=O)N4)cccc2c1C. The van der Waals surface area contributed by atoms with Gasteiger partial charge < -0.3 is 20.4 Å². The molecular weight excluding hydrogens is 354 g/mol. The number of rotatable bonds is 5. The Morgan fingerprint density at radius 3 is 2.89 bits per heavy atom. The lowest BCUT2D eigenvalue weighted by molar-refractivity contribution is -0.116. The van der Waals surface area contributed by atoms with E-state index < -0.39 is 0 Å². The Kier molecular flexibility index (Phi) is 4.77. The molecule has 2 aromatic carbocycles. The average Bonchev–Trinajstić information content (AvgIpc) is 2.99. The third kappa shape index (κ3) is 3.45. The maximum Gasteiger partial charge on any atom is 0.253 e. The van der Waals surface area contributed by atoms with E-state index in [0.717, 1.165) is 39.2 Å². The van der Waals surface area contributed by atoms with E-state index in [2.05, 4.69) is 15.6 Å². The van der Waals surface area contributed by atoms with Gasteiger partial charge in [-0.15, -0.1) is 0 Å². The van der Waals surface area contributed by atoms with Crippen molar-refractivity contribution in [2.24, 2.45) is 0 Å². The van der Waals surface area contributed by atoms with E-state index in [1.54, 1.807) is 0 Å². The number of carbonyl (C=O) groups is 2. The maximum atomic E-state index is 12.6. The maximum absolute atomic E-state index is 12.6. The summed E-state index contributed by atoms with van der Waals surface area (Å²) in [5.74, 6) is 0.664. The minimum absolute atomic E-state index is 0.0476. The van der Waals surface area contributed by atoms with Gasteiger partial charge in [-0.2, -0.15) is 0 Å². The van der Waals surface area contributed by atoms with Gasteiger partial charge in [0.15, 0.2) is 0 Å². The number of hydrogen-bond donors (Lipinski definition) is 3. The second-order valence-corrected chi connectivity index (χ2v) is 7.07. The fourth-order valence-electron chi connectivity index (χ4n) is 3.55. The van der Waals surface area contributed by atoms with Crippen LogP contribution in [0.2, 0.25) is 0 Å². The number of ether oxygens (including phenoxy) is 1. The highest BCUT2D eigenvalue weighted by Gasteiger charge is 2.16. The van der Waals surface area contributed by atoms with Crippen molar-refractivity contribution >= 4 is 28.4 Å². The topological polar surface area (TPSA) is 83.2 Å². The van der Waals surface area contributed by atoms with Crippen molar-refractivity contribution in [1.29, 1.82) is 0 Å². The van der Waals surface area contributed by atoms with Crippen molar-refractivity contribution in [2.45, 2.75) is 26.7 Å². The normalized spacial score (nSPS) is 13.1. The number of anilines is 1. The predicted molar refractivity (Wildman–Crippen MR) is 109 cm³/mol. The molecule has 2 amide bonds. The third-order valence-corrected chi connectivity index (χ3v) is 5.22. The van der Waals surface area contributed by atoms with Gasteiger partial charge in [-0.25, -0.2) is 0 Å². The number of fused-ring (bicyclic) bond motifs is 2. The molecule has 0 atom stereocenters. The first kappa shape index (κ1) is 18.1. The summed E-state index contributed by atoms with van der Waals surface area (Å²) in [4.78, 5) is 27.3. The van der Waals surface area contributed by atoms with Gasteiger partial charge in [-0.1, -0.05) is 12.1 Å². The van der Waals surface area contributed by atoms with E-state index in [-0.39, 0.29) is 11.8 Å². The van der Waals surface area contributed by atoms with E-state index >= 15 is 0 Å². The van der Waals surface area contributed by atoms with Crippen LogP contribution in [0.5, 0.6) is 5.75 Å². The van der Waals surface area contributed by atoms with Crippen molar-refractivity contribution in [1.82, 2.24) is 10.3 Å². The summed E-state index contributed by atoms with van der Waals surface area (Å²) in [6.07, 6.45) is 1.21. The number of hydrogen-bond acceptors (Lipinski definition) is 3. The van der Waals surface area contributed by atoms with Crippen LogP contribution in [0.3, 0.4) is 0 Å². The van der Waals surface area contributed by atoms with Gasteiger partial charge in [0.25, 0.3) is 5.91 Å². The zero-order chi connectivity index (χ0) is 19.7. The molecule has 4 rings (SSSR count). The molecule has 0 saturated carbocycles. The number of H-pyrrole nitrogens is 1. The first-order chi connectivity index (χ1) is 13.5. The Balaban J connectivity index is 1.35. The number of para-hydroxylation sites is 1. The van der Waals surface area contributed by atoms with Gasteiger partial charge in [0.1, 0.15) is 12.4 Å². The highest BCUT2D eigenvalue weighted by atomic mass is 16.5. The summed E-state index contributed by atoms with van der Waals surface area (Å²) < 4.78 is 5.76. The molecule has 2 heterocycles. The third-order valence-electron chi connectivity index (χ3n) is 5.22. The number of aromatic nitrogens is 1. The van der Waals surface area contributed by atoms with Crippen LogP contribution in [0.1, 0.15) is 33.6 Å². The van der Waals surface area contributed by atoms with Crippen molar-refractivity contribution in [3.8, 4) is 5.75 Å². The molecular formula is C22H23N3O3. The van der Waals surface area contributed by atoms with Gasteiger partial charge in [-0.05, 0) is 55.7 Å². The molecule has 0 radical (unpaired) electrons. The highest BCUT2D eigenvalue weighted by molar-refractivity contribution is 6.06. The molecule has 3 N–H and O–H groups in total. The van der Waals surface area contributed by atoms with Gasteiger partial charge in [0.05, 0.1) is 17.6 Å². The molecule has 3 aromatic rings. The van der Waals surface area contributed by atoms with Gasteiger partial charge in [0.2, 0.25) is 5.91 Å². The molecule has 0 fully saturated rings. The van der Waals surface area contributed by atoms with Crippen LogP contribution in [-0.2, 0) is 11.2 Å². The fraction of sp³-hybridized carbons (Fsp3) is 0.273. The van der Waals surface area contributed by atoms with Crippen LogP contribution in [0.4, 0.5) is 5.69 Å². The zero-order valence-electron chi connectivity index (χ0n) is 16.0. The highest BCUT2D eigenvalue weighted by Crippen LogP contribution is 2.27. The van der Waals surface area contributed by atoms with Crippen LogP contribution in [0, 0.1) is 13.8 Å². The summed E-state index contributed by atoms with van der Waals surface area (Å²) in [5.41, 5.74) is 5.66. The second-order valence-electron chi connectivity index (χ2n) is 7.07. The van der Waals surface area contributed by atoms with Crippen LogP contribution < -0.4 is 15.4 Å². The number of nitrogens with one attached hydrogen (secondary N) is 3. The number of benzene rings is 2. The Labute approximate surface area is 163 Å². The quantitative estimate of drug-likeness (QED) is 0.595. The second kappa shape index (κ2) is 7.38. The lowest BCUT2D eigenvalue weighted by Crippen LogP contribution is -2.28. The molecule has 144 valence electrons. The van der Waals surface area contributed by atoms with E-state index in [0.29, 0.717) is 31.6 Å². The first-order valence-electron chi connectivity index (χ1n) is 9.44. The van der Waals surface area contributed by atoms with Gasteiger partial charge in [-0.3, -0.25) is 9.59 Å². The predicted octanol–water partition coefficient (Wildman–Crippen LogP) is 3.48. The van der Waals surface area contributed by atoms with Crippen molar-refractivity contribution in [3.05, 3.63) is 58.8 Å². The molecule has 0 unspecified atom stereocenters. The molecule has 1 aliphatic heterocycles. The Morgan fingerprint density at radius 2 is 2.04 bits per heavy atom. The van der Waals surface area contributed by atoms with Gasteiger partial charge in [0, 0.05) is 23.2 Å². The average molecular weight is 377 g/mol. The number of amides is 2. The molecule has 0 saturated heterocycles. The lowest BCUT2D eigenvalue weighted by Gasteiger charge is -2.17. The van der Waals surface area contributed by atoms with E-state index in [4.69, 9.17) is 4.74 Å². The number of carbonyl (C=O) groups excluding carboxylic acids is 2. The minimum atomic E-state index is -0.122. The van der Waals surface area contributed by atoms with Crippen LogP contribution >= 0.6 is 0 Å². The minimum Gasteiger partial charge on any atom is -0.492 e. The molecule has 0 aliphatic carbocycles. The zero-order valence-corrected chi connectivity index (χ0v) is 16.0. The lowest BCUT2D eigenvalue weighted by atomic mass is 10.0. The smallest absolute Gasteiger partial charge is 0.253 e. The van der Waals surface area contributed by atoms with Crippen LogP contribution in [0.15, 0.2) is 36.4 Å². The Morgan fingerprint density at radius 1 is 1.18 bits per heavy atom. The number of aryl methyl sites for hydroxylation is 3. The van der Waals surface area contributed by atoms with Crippen molar-refractivity contribution in [3.63, 3.8) is 0 Å². The van der Waals surface area contributed by atoms with Gasteiger partial charge >= 0.3 is 0 Å². The molecule has 0 bridgehead atoms. The summed E-state index contributed by atoms with van der Waals surface area (Å²) in [6.45, 7) is 4.83. The van der Waals surface area contributed by atoms with E-state index in [1.165, 1.54) is 0 Å². The van der Waals surface area contributed by atoms with Crippen molar-refractivity contribution < 1.29 is 14.3 Å². The monoisotopic (exact) mass is 377 g/mol. The molecule has 28 heavy (non-hydrogen) atoms. The van der Waals surface area contributed by atoms with Crippen LogP contribution in [0.25, 0.3) is 10.9 Å². The summed E-state index contributed by atoms with van der Waals surface area (Å²) in [7, 11) is 0. The summed E-state index contributed by atoms with van der Waals surface area (Å²) in [5, 5.41) is 6.84.